The zero-order valence-corrected chi connectivity index (χ0v) is 30.8. The molecule has 0 fully saturated rings. The highest BCUT2D eigenvalue weighted by Gasteiger charge is 2.28. The van der Waals surface area contributed by atoms with E-state index < -0.39 is 0 Å². The third kappa shape index (κ3) is 5.64. The summed E-state index contributed by atoms with van der Waals surface area (Å²) in [6.07, 6.45) is 1.86. The quantitative estimate of drug-likeness (QED) is 0.199. The van der Waals surface area contributed by atoms with Crippen LogP contribution in [0.15, 0.2) is 136 Å². The molecule has 5 heteroatoms. The summed E-state index contributed by atoms with van der Waals surface area (Å²) in [5.74, 6) is 0.587. The van der Waals surface area contributed by atoms with Gasteiger partial charge in [0.25, 0.3) is 0 Å². The van der Waals surface area contributed by atoms with Crippen LogP contribution in [0.25, 0.3) is 88.8 Å². The van der Waals surface area contributed by atoms with Crippen LogP contribution in [0, 0.1) is 0 Å². The van der Waals surface area contributed by atoms with Gasteiger partial charge in [-0.25, -0.2) is 4.98 Å². The number of fused-ring (bicyclic) bond motifs is 5. The predicted molar refractivity (Wildman–Crippen MR) is 217 cm³/mol. The average Bonchev–Trinajstić information content (AvgIpc) is 3.74. The van der Waals surface area contributed by atoms with Crippen molar-refractivity contribution in [3.63, 3.8) is 0 Å². The summed E-state index contributed by atoms with van der Waals surface area (Å²) in [4.78, 5) is 10.0. The zero-order chi connectivity index (χ0) is 36.6. The number of pyridine rings is 1. The van der Waals surface area contributed by atoms with Crippen molar-refractivity contribution in [2.75, 3.05) is 0 Å². The van der Waals surface area contributed by atoms with Crippen LogP contribution >= 0.6 is 0 Å². The number of hydrogen-bond donors (Lipinski definition) is 1. The van der Waals surface area contributed by atoms with Crippen LogP contribution in [0.2, 0.25) is 0 Å². The summed E-state index contributed by atoms with van der Waals surface area (Å²) >= 11 is 0. The van der Waals surface area contributed by atoms with Crippen molar-refractivity contribution in [2.45, 2.75) is 52.4 Å². The number of benzene rings is 6. The Morgan fingerprint density at radius 3 is 2.06 bits per heavy atom. The molecule has 5 nitrogen and oxygen atoms in total. The van der Waals surface area contributed by atoms with E-state index in [1.54, 1.807) is 0 Å². The van der Waals surface area contributed by atoms with Crippen molar-refractivity contribution in [3.8, 4) is 50.7 Å². The molecule has 6 aromatic carbocycles. The summed E-state index contributed by atoms with van der Waals surface area (Å²) < 4.78 is 13.2. The maximum absolute atomic E-state index is 11.7. The number of phenols is 1. The Morgan fingerprint density at radius 2 is 1.30 bits per heavy atom. The topological polar surface area (TPSA) is 72.3 Å². The molecule has 0 atom stereocenters. The Labute approximate surface area is 308 Å². The van der Waals surface area contributed by atoms with Gasteiger partial charge in [-0.3, -0.25) is 4.98 Å². The summed E-state index contributed by atoms with van der Waals surface area (Å²) in [7, 11) is 0. The van der Waals surface area contributed by atoms with Gasteiger partial charge in [0.2, 0.25) is 5.89 Å². The third-order valence-corrected chi connectivity index (χ3v) is 10.3. The average molecular weight is 693 g/mol. The number of rotatable bonds is 4. The summed E-state index contributed by atoms with van der Waals surface area (Å²) in [5, 5.41) is 16.0. The molecule has 0 bridgehead atoms. The molecule has 53 heavy (non-hydrogen) atoms. The van der Waals surface area contributed by atoms with E-state index in [-0.39, 0.29) is 16.6 Å². The normalized spacial score (nSPS) is 12.4. The Hall–Kier alpha value is -6.20. The number of phenolic OH excluding ortho intramolecular Hbond substituents is 1. The Morgan fingerprint density at radius 1 is 0.547 bits per heavy atom. The van der Waals surface area contributed by atoms with Gasteiger partial charge in [-0.1, -0.05) is 114 Å². The van der Waals surface area contributed by atoms with E-state index in [1.165, 1.54) is 0 Å². The van der Waals surface area contributed by atoms with Crippen LogP contribution in [-0.4, -0.2) is 15.1 Å². The largest absolute Gasteiger partial charge is 0.507 e. The molecule has 0 aliphatic carbocycles. The van der Waals surface area contributed by atoms with Crippen molar-refractivity contribution in [1.29, 1.82) is 0 Å². The molecule has 0 amide bonds. The smallest absolute Gasteiger partial charge is 0.231 e. The Bertz CT molecular complexity index is 2860. The lowest BCUT2D eigenvalue weighted by Crippen LogP contribution is -2.17. The fraction of sp³-hybridized carbons (Fsp3) is 0.167. The molecule has 0 aliphatic rings. The third-order valence-electron chi connectivity index (χ3n) is 10.3. The van der Waals surface area contributed by atoms with Crippen molar-refractivity contribution in [1.82, 2.24) is 9.97 Å². The van der Waals surface area contributed by atoms with E-state index in [4.69, 9.17) is 18.8 Å². The van der Waals surface area contributed by atoms with Gasteiger partial charge < -0.3 is 13.9 Å². The van der Waals surface area contributed by atoms with Crippen molar-refractivity contribution in [2.24, 2.45) is 0 Å². The van der Waals surface area contributed by atoms with E-state index in [9.17, 15) is 5.11 Å². The molecule has 1 N–H and O–H groups in total. The van der Waals surface area contributed by atoms with Gasteiger partial charge in [0.15, 0.2) is 5.58 Å². The lowest BCUT2D eigenvalue weighted by atomic mass is 9.79. The zero-order valence-electron chi connectivity index (χ0n) is 30.8. The van der Waals surface area contributed by atoms with Crippen LogP contribution in [0.1, 0.15) is 52.7 Å². The van der Waals surface area contributed by atoms with E-state index in [0.29, 0.717) is 17.0 Å². The van der Waals surface area contributed by atoms with Crippen molar-refractivity contribution >= 4 is 43.8 Å². The molecule has 9 aromatic rings. The molecular weight excluding hydrogens is 653 g/mol. The summed E-state index contributed by atoms with van der Waals surface area (Å²) in [6.45, 7) is 12.9. The fourth-order valence-electron chi connectivity index (χ4n) is 7.40. The van der Waals surface area contributed by atoms with Crippen LogP contribution < -0.4 is 0 Å². The predicted octanol–water partition coefficient (Wildman–Crippen LogP) is 13.2. The highest BCUT2D eigenvalue weighted by Crippen LogP contribution is 2.45. The van der Waals surface area contributed by atoms with Gasteiger partial charge in [0.1, 0.15) is 22.4 Å². The summed E-state index contributed by atoms with van der Waals surface area (Å²) in [6, 6.07) is 41.7. The monoisotopic (exact) mass is 692 g/mol. The second-order valence-electron chi connectivity index (χ2n) is 16.1. The minimum Gasteiger partial charge on any atom is -0.507 e. The Kier molecular flexibility index (Phi) is 7.35. The molecule has 0 saturated heterocycles. The van der Waals surface area contributed by atoms with Crippen LogP contribution in [0.5, 0.6) is 5.75 Å². The van der Waals surface area contributed by atoms with Gasteiger partial charge >= 0.3 is 0 Å². The van der Waals surface area contributed by atoms with E-state index >= 15 is 0 Å². The number of oxazole rings is 1. The fourth-order valence-corrected chi connectivity index (χ4v) is 7.40. The molecule has 0 saturated carbocycles. The van der Waals surface area contributed by atoms with Gasteiger partial charge in [-0.2, -0.15) is 0 Å². The van der Waals surface area contributed by atoms with Crippen LogP contribution in [0.4, 0.5) is 0 Å². The number of aromatic hydroxyl groups is 1. The molecule has 0 unspecified atom stereocenters. The first kappa shape index (κ1) is 32.7. The number of furan rings is 1. The maximum atomic E-state index is 11.7. The van der Waals surface area contributed by atoms with E-state index in [1.807, 2.05) is 48.7 Å². The minimum absolute atomic E-state index is 0.143. The first-order valence-electron chi connectivity index (χ1n) is 18.1. The standard InChI is InChI=1S/C48H40N2O3/c1-47(2,3)33-26-38(44(51)39(27-33)48(4,5)6)46-50-43-34(17-12-18-41(43)53-46)32-22-36-35-21-29-15-10-11-16-30(29)25-42(35)52-45(36)37(23-32)40-24-31(19-20-49-40)28-13-8-7-9-14-28/h7-27,51H,1-6H3. The molecule has 3 aromatic heterocycles. The second-order valence-corrected chi connectivity index (χ2v) is 16.1. The number of nitrogens with zero attached hydrogens (tertiary/aromatic N) is 2. The molecule has 0 radical (unpaired) electrons. The van der Waals surface area contributed by atoms with Gasteiger partial charge in [-0.05, 0) is 92.4 Å². The lowest BCUT2D eigenvalue weighted by Gasteiger charge is -2.27. The molecule has 0 aliphatic heterocycles. The van der Waals surface area contributed by atoms with E-state index in [0.717, 1.165) is 82.9 Å². The molecule has 9 rings (SSSR count). The molecule has 3 heterocycles. The van der Waals surface area contributed by atoms with Crippen LogP contribution in [0.3, 0.4) is 0 Å². The van der Waals surface area contributed by atoms with E-state index in [2.05, 4.69) is 120 Å². The summed E-state index contributed by atoms with van der Waals surface area (Å²) in [5.41, 5.74) is 10.9. The lowest BCUT2D eigenvalue weighted by molar-refractivity contribution is 0.444. The van der Waals surface area contributed by atoms with Crippen molar-refractivity contribution < 1.29 is 13.9 Å². The Balaban J connectivity index is 1.29. The number of hydrogen-bond acceptors (Lipinski definition) is 5. The SMILES string of the molecule is CC(C)(C)c1cc(-c2nc3c(-c4cc(-c5cc(-c6ccccc6)ccn5)c5oc6cc7ccccc7cc6c5c4)cccc3o2)c(O)c(C(C)(C)C)c1. The first-order chi connectivity index (χ1) is 25.4. The van der Waals surface area contributed by atoms with Crippen molar-refractivity contribution in [3.05, 3.63) is 139 Å². The minimum atomic E-state index is -0.284. The maximum Gasteiger partial charge on any atom is 0.231 e. The molecular formula is C48H40N2O3. The molecule has 0 spiro atoms. The first-order valence-corrected chi connectivity index (χ1v) is 18.1. The van der Waals surface area contributed by atoms with Gasteiger partial charge in [-0.15, -0.1) is 0 Å². The van der Waals surface area contributed by atoms with Gasteiger partial charge in [0.05, 0.1) is 11.3 Å². The van der Waals surface area contributed by atoms with Gasteiger partial charge in [0, 0.05) is 33.7 Å². The highest BCUT2D eigenvalue weighted by molar-refractivity contribution is 6.15. The second kappa shape index (κ2) is 11.9. The highest BCUT2D eigenvalue weighted by atomic mass is 16.4. The number of aromatic nitrogens is 2. The number of para-hydroxylation sites is 1. The molecule has 260 valence electrons. The van der Waals surface area contributed by atoms with Crippen LogP contribution in [-0.2, 0) is 10.8 Å².